The lowest BCUT2D eigenvalue weighted by molar-refractivity contribution is 0.685. The molecule has 0 unspecified atom stereocenters. The molecule has 0 heteroatoms. The van der Waals surface area contributed by atoms with E-state index in [1.807, 2.05) is 19.1 Å². The molecule has 0 nitrogen and oxygen atoms in total. The van der Waals surface area contributed by atoms with Crippen molar-refractivity contribution in [1.82, 2.24) is 0 Å². The maximum Gasteiger partial charge on any atom is 0.0267 e. The zero-order valence-corrected chi connectivity index (χ0v) is 5.15. The third-order valence-electron chi connectivity index (χ3n) is 1.32. The first-order chi connectivity index (χ1) is 5.39. The van der Waals surface area contributed by atoms with E-state index in [4.69, 9.17) is 5.48 Å². The minimum atomic E-state index is -1.66. The molecule has 0 N–H and O–H groups in total. The summed E-state index contributed by atoms with van der Waals surface area (Å²) in [5.74, 6) is 0.0694. The Labute approximate surface area is 57.2 Å². The molecule has 46 valence electrons. The summed E-state index contributed by atoms with van der Waals surface area (Å²) >= 11 is 0. The van der Waals surface area contributed by atoms with Crippen LogP contribution in [0.4, 0.5) is 0 Å². The summed E-state index contributed by atoms with van der Waals surface area (Å²) in [4.78, 5) is 0. The maximum atomic E-state index is 7.46. The van der Waals surface area contributed by atoms with E-state index in [-0.39, 0.29) is 5.92 Å². The zero-order valence-electron chi connectivity index (χ0n) is 9.15. The van der Waals surface area contributed by atoms with Crippen LogP contribution in [0.2, 0.25) is 0 Å². The maximum absolute atomic E-state index is 7.46. The second-order valence-corrected chi connectivity index (χ2v) is 2.05. The van der Waals surface area contributed by atoms with Gasteiger partial charge in [-0.25, -0.2) is 0 Å². The predicted molar refractivity (Wildman–Crippen MR) is 36.8 cm³/mol. The van der Waals surface area contributed by atoms with Crippen LogP contribution < -0.4 is 0 Å². The highest BCUT2D eigenvalue weighted by Crippen LogP contribution is 2.25. The van der Waals surface area contributed by atoms with Gasteiger partial charge in [-0.3, -0.25) is 0 Å². The van der Waals surface area contributed by atoms with E-state index in [1.54, 1.807) is 0 Å². The van der Waals surface area contributed by atoms with Crippen molar-refractivity contribution in [2.45, 2.75) is 32.5 Å². The van der Waals surface area contributed by atoms with Crippen molar-refractivity contribution in [3.63, 3.8) is 0 Å². The summed E-state index contributed by atoms with van der Waals surface area (Å²) < 4.78 is 29.8. The van der Waals surface area contributed by atoms with Gasteiger partial charge in [-0.2, -0.15) is 0 Å². The molecule has 0 aromatic rings. The quantitative estimate of drug-likeness (QED) is 0.460. The van der Waals surface area contributed by atoms with Gasteiger partial charge in [0.1, 0.15) is 0 Å². The predicted octanol–water partition coefficient (Wildman–Crippen LogP) is 2.75. The molecule has 1 rings (SSSR count). The lowest BCUT2D eigenvalue weighted by Gasteiger charge is -1.96. The topological polar surface area (TPSA) is 0 Å². The first-order valence-electron chi connectivity index (χ1n) is 5.02. The highest BCUT2D eigenvalue weighted by molar-refractivity contribution is 4.87. The smallest absolute Gasteiger partial charge is 0.0267 e. The molecule has 1 aliphatic rings. The Balaban J connectivity index is 2.74. The molecule has 1 aliphatic carbocycles. The van der Waals surface area contributed by atoms with Crippen molar-refractivity contribution in [2.24, 2.45) is 5.92 Å². The lowest BCUT2D eigenvalue weighted by Crippen LogP contribution is -1.83. The van der Waals surface area contributed by atoms with Gasteiger partial charge in [0.25, 0.3) is 0 Å². The molecule has 0 aliphatic heterocycles. The van der Waals surface area contributed by atoms with Gasteiger partial charge in [0.2, 0.25) is 0 Å². The molecule has 0 radical (unpaired) electrons. The van der Waals surface area contributed by atoms with E-state index < -0.39 is 12.7 Å². The van der Waals surface area contributed by atoms with Crippen LogP contribution in [0.3, 0.4) is 0 Å². The average molecular weight is 114 g/mol. The molecule has 8 heavy (non-hydrogen) atoms. The van der Waals surface area contributed by atoms with Gasteiger partial charge in [0.05, 0.1) is 0 Å². The van der Waals surface area contributed by atoms with Gasteiger partial charge in [-0.1, -0.05) is 24.9 Å². The molecule has 0 atom stereocenters. The minimum Gasteiger partial charge on any atom is -0.0914 e. The van der Waals surface area contributed by atoms with Crippen LogP contribution in [0.1, 0.15) is 38.0 Å². The Morgan fingerprint density at radius 3 is 2.62 bits per heavy atom. The Hall–Kier alpha value is -0.260. The van der Waals surface area contributed by atoms with Gasteiger partial charge in [0, 0.05) is 5.48 Å². The Morgan fingerprint density at radius 2 is 2.12 bits per heavy atom. The molecule has 0 aromatic heterocycles. The molecule has 1 saturated carbocycles. The average Bonchev–Trinajstić information content (AvgIpc) is 2.02. The molecular formula is C8H14. The summed E-state index contributed by atoms with van der Waals surface area (Å²) in [5.41, 5.74) is 0. The summed E-state index contributed by atoms with van der Waals surface area (Å²) in [5, 5.41) is 0. The van der Waals surface area contributed by atoms with E-state index >= 15 is 0 Å². The highest BCUT2D eigenvalue weighted by atomic mass is 14.2. The van der Waals surface area contributed by atoms with Gasteiger partial charge >= 0.3 is 0 Å². The Morgan fingerprint density at radius 1 is 1.50 bits per heavy atom. The van der Waals surface area contributed by atoms with Crippen molar-refractivity contribution >= 4 is 0 Å². The Kier molecular flexibility index (Phi) is 0.927. The van der Waals surface area contributed by atoms with Crippen LogP contribution in [0.15, 0.2) is 12.2 Å². The fourth-order valence-corrected chi connectivity index (χ4v) is 0.887. The minimum absolute atomic E-state index is 0.0694. The second-order valence-electron chi connectivity index (χ2n) is 2.05. The van der Waals surface area contributed by atoms with Crippen molar-refractivity contribution in [3.05, 3.63) is 12.2 Å². The van der Waals surface area contributed by atoms with Crippen molar-refractivity contribution < 1.29 is 5.48 Å². The molecule has 0 aromatic carbocycles. The van der Waals surface area contributed by atoms with Crippen molar-refractivity contribution in [3.8, 4) is 0 Å². The molecule has 0 spiro atoms. The first kappa shape index (κ1) is 2.55. The van der Waals surface area contributed by atoms with Crippen molar-refractivity contribution in [2.75, 3.05) is 0 Å². The van der Waals surface area contributed by atoms with Gasteiger partial charge in [-0.05, 0) is 25.7 Å². The largest absolute Gasteiger partial charge is 0.0914 e. The third kappa shape index (κ3) is 1.36. The standard InChI is InChI=1S/C8H14/c1-2-5-8-6-3-4-7-8/h2,5,8H,3-4,6-7H2,1H3/i3D2,4D2. The van der Waals surface area contributed by atoms with Crippen LogP contribution in [-0.2, 0) is 0 Å². The van der Waals surface area contributed by atoms with Gasteiger partial charge in [0.15, 0.2) is 0 Å². The molecule has 0 heterocycles. The SMILES string of the molecule is [2H]C1([2H])CC(C=CC)CC1([2H])[2H]. The van der Waals surface area contributed by atoms with E-state index in [2.05, 4.69) is 0 Å². The summed E-state index contributed by atoms with van der Waals surface area (Å²) in [6, 6.07) is 0. The van der Waals surface area contributed by atoms with E-state index in [1.165, 1.54) is 0 Å². The van der Waals surface area contributed by atoms with Crippen LogP contribution in [-0.4, -0.2) is 0 Å². The summed E-state index contributed by atoms with van der Waals surface area (Å²) in [6.45, 7) is 1.88. The van der Waals surface area contributed by atoms with Crippen LogP contribution in [0.5, 0.6) is 0 Å². The zero-order chi connectivity index (χ0) is 9.41. The van der Waals surface area contributed by atoms with Gasteiger partial charge in [-0.15, -0.1) is 0 Å². The van der Waals surface area contributed by atoms with Crippen LogP contribution >= 0.6 is 0 Å². The number of allylic oxidation sites excluding steroid dienone is 2. The van der Waals surface area contributed by atoms with Crippen LogP contribution in [0.25, 0.3) is 0 Å². The summed E-state index contributed by atoms with van der Waals surface area (Å²) in [6.07, 6.45) is 1.06. The van der Waals surface area contributed by atoms with Gasteiger partial charge < -0.3 is 0 Å². The number of hydrogen-bond acceptors (Lipinski definition) is 0. The third-order valence-corrected chi connectivity index (χ3v) is 1.32. The van der Waals surface area contributed by atoms with E-state index in [0.29, 0.717) is 12.8 Å². The molecule has 0 bridgehead atoms. The molecular weight excluding hydrogens is 96.1 g/mol. The molecule has 0 amide bonds. The number of rotatable bonds is 1. The molecule has 0 saturated heterocycles. The highest BCUT2D eigenvalue weighted by Gasteiger charge is 2.09. The monoisotopic (exact) mass is 114 g/mol. The van der Waals surface area contributed by atoms with E-state index in [0.717, 1.165) is 0 Å². The Bertz CT molecular complexity index is 179. The fourth-order valence-electron chi connectivity index (χ4n) is 0.887. The summed E-state index contributed by atoms with van der Waals surface area (Å²) in [7, 11) is 0. The second kappa shape index (κ2) is 2.91. The fraction of sp³-hybridized carbons (Fsp3) is 0.750. The molecule has 1 fully saturated rings. The number of hydrogen-bond donors (Lipinski definition) is 0. The van der Waals surface area contributed by atoms with E-state index in [9.17, 15) is 0 Å². The van der Waals surface area contributed by atoms with Crippen LogP contribution in [0, 0.1) is 5.92 Å². The van der Waals surface area contributed by atoms with Crippen molar-refractivity contribution in [1.29, 1.82) is 0 Å². The lowest BCUT2D eigenvalue weighted by atomic mass is 10.1. The normalized spacial score (nSPS) is 43.1. The first-order valence-corrected chi connectivity index (χ1v) is 3.02.